The van der Waals surface area contributed by atoms with Gasteiger partial charge in [0.2, 0.25) is 0 Å². The largest absolute Gasteiger partial charge is 0.494 e. The summed E-state index contributed by atoms with van der Waals surface area (Å²) in [5.41, 5.74) is 6.55. The Hall–Kier alpha value is -2.27. The molecule has 0 amide bonds. The summed E-state index contributed by atoms with van der Waals surface area (Å²) in [7, 11) is 1.45. The lowest BCUT2D eigenvalue weighted by Crippen LogP contribution is -1.96. The molecule has 2 aromatic rings. The second kappa shape index (κ2) is 5.58. The van der Waals surface area contributed by atoms with Crippen molar-refractivity contribution in [2.24, 2.45) is 0 Å². The third-order valence-corrected chi connectivity index (χ3v) is 2.62. The van der Waals surface area contributed by atoms with E-state index in [-0.39, 0.29) is 18.0 Å². The van der Waals surface area contributed by atoms with Crippen molar-refractivity contribution in [3.05, 3.63) is 47.8 Å². The summed E-state index contributed by atoms with van der Waals surface area (Å²) in [6, 6.07) is 9.23. The highest BCUT2D eigenvalue weighted by Gasteiger charge is 2.10. The highest BCUT2D eigenvalue weighted by Crippen LogP contribution is 2.32. The topological polar surface area (TPSA) is 64.7 Å². The molecule has 0 saturated heterocycles. The molecule has 0 fully saturated rings. The first-order chi connectivity index (χ1) is 9.13. The maximum Gasteiger partial charge on any atom is 0.168 e. The van der Waals surface area contributed by atoms with E-state index in [2.05, 4.69) is 0 Å². The van der Waals surface area contributed by atoms with Crippen LogP contribution in [0.15, 0.2) is 36.4 Å². The minimum absolute atomic E-state index is 0.0304. The van der Waals surface area contributed by atoms with Gasteiger partial charge in [-0.1, -0.05) is 12.1 Å². The average Bonchev–Trinajstić information content (AvgIpc) is 2.42. The number of hydrogen-bond donors (Lipinski definition) is 2. The monoisotopic (exact) mass is 263 g/mol. The van der Waals surface area contributed by atoms with Crippen LogP contribution >= 0.6 is 0 Å². The first-order valence-corrected chi connectivity index (χ1v) is 5.64. The lowest BCUT2D eigenvalue weighted by Gasteiger charge is -2.10. The Morgan fingerprint density at radius 2 is 1.84 bits per heavy atom. The zero-order chi connectivity index (χ0) is 13.8. The van der Waals surface area contributed by atoms with Gasteiger partial charge in [0.1, 0.15) is 11.5 Å². The third-order valence-electron chi connectivity index (χ3n) is 2.62. The number of nitrogen functional groups attached to an aromatic ring is 1. The van der Waals surface area contributed by atoms with Gasteiger partial charge in [0.05, 0.1) is 19.4 Å². The van der Waals surface area contributed by atoms with Gasteiger partial charge in [-0.15, -0.1) is 0 Å². The number of ether oxygens (including phenoxy) is 2. The summed E-state index contributed by atoms with van der Waals surface area (Å²) in [5, 5.41) is 8.93. The van der Waals surface area contributed by atoms with E-state index < -0.39 is 5.82 Å². The fraction of sp³-hybridized carbons (Fsp3) is 0.143. The molecular formula is C14H14FNO3. The molecule has 2 aromatic carbocycles. The van der Waals surface area contributed by atoms with E-state index in [0.29, 0.717) is 11.5 Å². The van der Waals surface area contributed by atoms with Crippen LogP contribution in [0, 0.1) is 5.82 Å². The van der Waals surface area contributed by atoms with Gasteiger partial charge in [-0.3, -0.25) is 0 Å². The van der Waals surface area contributed by atoms with E-state index >= 15 is 0 Å². The van der Waals surface area contributed by atoms with E-state index in [1.807, 2.05) is 0 Å². The SMILES string of the molecule is COc1cc(Oc2ccc(CO)cc2)c(F)cc1N. The molecule has 3 N–H and O–H groups in total. The standard InChI is InChI=1S/C14H14FNO3/c1-18-14-7-13(11(15)6-12(14)16)19-10-4-2-9(8-17)3-5-10/h2-7,17H,8,16H2,1H3. The predicted octanol–water partition coefficient (Wildman–Crippen LogP) is 2.70. The van der Waals surface area contributed by atoms with Crippen LogP contribution in [0.3, 0.4) is 0 Å². The molecule has 0 spiro atoms. The first kappa shape index (κ1) is 13.2. The van der Waals surface area contributed by atoms with Crippen molar-refractivity contribution in [3.8, 4) is 17.2 Å². The van der Waals surface area contributed by atoms with Crippen LogP contribution < -0.4 is 15.2 Å². The molecule has 2 rings (SSSR count). The first-order valence-electron chi connectivity index (χ1n) is 5.64. The second-order valence-corrected chi connectivity index (χ2v) is 3.93. The van der Waals surface area contributed by atoms with Crippen molar-refractivity contribution in [2.75, 3.05) is 12.8 Å². The van der Waals surface area contributed by atoms with Crippen molar-refractivity contribution < 1.29 is 19.0 Å². The van der Waals surface area contributed by atoms with Crippen LogP contribution in [0.4, 0.5) is 10.1 Å². The highest BCUT2D eigenvalue weighted by atomic mass is 19.1. The summed E-state index contributed by atoms with van der Waals surface area (Å²) >= 11 is 0. The molecule has 0 aliphatic heterocycles. The molecule has 0 aromatic heterocycles. The summed E-state index contributed by atoms with van der Waals surface area (Å²) in [5.74, 6) is 0.277. The zero-order valence-corrected chi connectivity index (χ0v) is 10.4. The molecular weight excluding hydrogens is 249 g/mol. The van der Waals surface area contributed by atoms with Gasteiger partial charge in [0.25, 0.3) is 0 Å². The molecule has 100 valence electrons. The average molecular weight is 263 g/mol. The molecule has 0 unspecified atom stereocenters. The summed E-state index contributed by atoms with van der Waals surface area (Å²) < 4.78 is 24.1. The number of benzene rings is 2. The van der Waals surface area contributed by atoms with Gasteiger partial charge in [-0.25, -0.2) is 4.39 Å². The van der Waals surface area contributed by atoms with Crippen molar-refractivity contribution in [1.82, 2.24) is 0 Å². The molecule has 5 heteroatoms. The maximum absolute atomic E-state index is 13.7. The summed E-state index contributed by atoms with van der Waals surface area (Å²) in [6.45, 7) is -0.0513. The zero-order valence-electron chi connectivity index (χ0n) is 10.4. The van der Waals surface area contributed by atoms with E-state index in [9.17, 15) is 4.39 Å². The van der Waals surface area contributed by atoms with Gasteiger partial charge in [0.15, 0.2) is 11.6 Å². The van der Waals surface area contributed by atoms with Crippen molar-refractivity contribution in [2.45, 2.75) is 6.61 Å². The van der Waals surface area contributed by atoms with Gasteiger partial charge in [-0.05, 0) is 17.7 Å². The molecule has 4 nitrogen and oxygen atoms in total. The molecule has 0 saturated carbocycles. The second-order valence-electron chi connectivity index (χ2n) is 3.93. The molecule has 0 radical (unpaired) electrons. The molecule has 0 bridgehead atoms. The summed E-state index contributed by atoms with van der Waals surface area (Å²) in [6.07, 6.45) is 0. The predicted molar refractivity (Wildman–Crippen MR) is 69.8 cm³/mol. The van der Waals surface area contributed by atoms with E-state index in [1.165, 1.54) is 13.2 Å². The minimum atomic E-state index is -0.565. The normalized spacial score (nSPS) is 10.3. The van der Waals surface area contributed by atoms with Gasteiger partial charge in [-0.2, -0.15) is 0 Å². The van der Waals surface area contributed by atoms with Crippen LogP contribution in [0.5, 0.6) is 17.2 Å². The van der Waals surface area contributed by atoms with Gasteiger partial charge >= 0.3 is 0 Å². The Morgan fingerprint density at radius 1 is 1.16 bits per heavy atom. The number of methoxy groups -OCH3 is 1. The molecule has 0 aliphatic rings. The lowest BCUT2D eigenvalue weighted by atomic mass is 10.2. The quantitative estimate of drug-likeness (QED) is 0.832. The Labute approximate surface area is 110 Å². The van der Waals surface area contributed by atoms with Crippen LogP contribution in [0.25, 0.3) is 0 Å². The van der Waals surface area contributed by atoms with Crippen LogP contribution in [0.1, 0.15) is 5.56 Å². The number of rotatable bonds is 4. The van der Waals surface area contributed by atoms with Gasteiger partial charge < -0.3 is 20.3 Å². The van der Waals surface area contributed by atoms with Crippen molar-refractivity contribution in [1.29, 1.82) is 0 Å². The minimum Gasteiger partial charge on any atom is -0.494 e. The number of nitrogens with two attached hydrogens (primary N) is 1. The van der Waals surface area contributed by atoms with Crippen LogP contribution in [0.2, 0.25) is 0 Å². The maximum atomic E-state index is 13.7. The highest BCUT2D eigenvalue weighted by molar-refractivity contribution is 5.56. The number of anilines is 1. The van der Waals surface area contributed by atoms with E-state index in [4.69, 9.17) is 20.3 Å². The van der Waals surface area contributed by atoms with Crippen LogP contribution in [-0.4, -0.2) is 12.2 Å². The number of aliphatic hydroxyl groups excluding tert-OH is 1. The van der Waals surface area contributed by atoms with E-state index in [0.717, 1.165) is 11.6 Å². The Morgan fingerprint density at radius 3 is 2.42 bits per heavy atom. The Kier molecular flexibility index (Phi) is 3.87. The number of hydrogen-bond acceptors (Lipinski definition) is 4. The fourth-order valence-electron chi connectivity index (χ4n) is 1.59. The summed E-state index contributed by atoms with van der Waals surface area (Å²) in [4.78, 5) is 0. The lowest BCUT2D eigenvalue weighted by molar-refractivity contribution is 0.281. The fourth-order valence-corrected chi connectivity index (χ4v) is 1.59. The Balaban J connectivity index is 2.26. The van der Waals surface area contributed by atoms with Crippen LogP contribution in [-0.2, 0) is 6.61 Å². The third kappa shape index (κ3) is 2.95. The number of aliphatic hydroxyl groups is 1. The Bertz CT molecular complexity index is 570. The molecule has 0 heterocycles. The number of halogens is 1. The molecule has 19 heavy (non-hydrogen) atoms. The van der Waals surface area contributed by atoms with Gasteiger partial charge in [0, 0.05) is 12.1 Å². The smallest absolute Gasteiger partial charge is 0.168 e. The molecule has 0 atom stereocenters. The van der Waals surface area contributed by atoms with Crippen molar-refractivity contribution >= 4 is 5.69 Å². The van der Waals surface area contributed by atoms with Crippen molar-refractivity contribution in [3.63, 3.8) is 0 Å². The molecule has 0 aliphatic carbocycles. The van der Waals surface area contributed by atoms with E-state index in [1.54, 1.807) is 24.3 Å².